The number of carbonyl (C=O) groups is 1. The molecule has 19 nitrogen and oxygen atoms in total. The molecule has 3 rings (SSSR count). The van der Waals surface area contributed by atoms with Gasteiger partial charge in [0.25, 0.3) is 0 Å². The molecule has 75 heavy (non-hydrogen) atoms. The minimum Gasteiger partial charge on any atom is -0.394 e. The second kappa shape index (κ2) is 40.7. The number of aliphatic hydroxyl groups excluding tert-OH is 11. The van der Waals surface area contributed by atoms with Gasteiger partial charge in [-0.2, -0.15) is 0 Å². The zero-order valence-corrected chi connectivity index (χ0v) is 45.8. The monoisotopic (exact) mass is 1080 g/mol. The molecule has 19 heteroatoms. The zero-order chi connectivity index (χ0) is 54.8. The smallest absolute Gasteiger partial charge is 0.220 e. The lowest BCUT2D eigenvalue weighted by molar-refractivity contribution is -0.379. The van der Waals surface area contributed by atoms with Gasteiger partial charge in [-0.25, -0.2) is 0 Å². The maximum atomic E-state index is 13.3. The van der Waals surface area contributed by atoms with Gasteiger partial charge in [0.1, 0.15) is 73.2 Å². The second-order valence-electron chi connectivity index (χ2n) is 21.5. The van der Waals surface area contributed by atoms with Crippen molar-refractivity contribution < 1.29 is 89.4 Å². The largest absolute Gasteiger partial charge is 0.394 e. The molecule has 1 amide bonds. The Labute approximate surface area is 448 Å². The summed E-state index contributed by atoms with van der Waals surface area (Å²) in [6, 6.07) is -0.965. The van der Waals surface area contributed by atoms with E-state index in [1.807, 2.05) is 6.08 Å². The van der Waals surface area contributed by atoms with Crippen molar-refractivity contribution >= 4 is 5.91 Å². The van der Waals surface area contributed by atoms with Gasteiger partial charge in [0.05, 0.1) is 38.6 Å². The molecule has 3 aliphatic heterocycles. The van der Waals surface area contributed by atoms with Crippen molar-refractivity contribution in [3.63, 3.8) is 0 Å². The van der Waals surface area contributed by atoms with Crippen molar-refractivity contribution in [1.29, 1.82) is 0 Å². The summed E-state index contributed by atoms with van der Waals surface area (Å²) in [4.78, 5) is 13.3. The Balaban J connectivity index is 1.47. The highest BCUT2D eigenvalue weighted by atomic mass is 16.8. The number of nitrogens with one attached hydrogen (secondary N) is 1. The van der Waals surface area contributed by atoms with E-state index in [9.17, 15) is 61.0 Å². The van der Waals surface area contributed by atoms with Crippen LogP contribution in [0.2, 0.25) is 0 Å². The van der Waals surface area contributed by atoms with Crippen LogP contribution in [0.5, 0.6) is 0 Å². The summed E-state index contributed by atoms with van der Waals surface area (Å²) in [6.07, 6.45) is 12.1. The summed E-state index contributed by atoms with van der Waals surface area (Å²) < 4.78 is 34.2. The van der Waals surface area contributed by atoms with Gasteiger partial charge in [0, 0.05) is 6.42 Å². The molecule has 0 spiro atoms. The van der Waals surface area contributed by atoms with Gasteiger partial charge in [-0.1, -0.05) is 193 Å². The third-order valence-corrected chi connectivity index (χ3v) is 15.1. The van der Waals surface area contributed by atoms with E-state index < -0.39 is 124 Å². The topological polar surface area (TPSA) is 307 Å². The Morgan fingerprint density at radius 3 is 1.25 bits per heavy atom. The van der Waals surface area contributed by atoms with Gasteiger partial charge in [-0.15, -0.1) is 0 Å². The Morgan fingerprint density at radius 1 is 0.467 bits per heavy atom. The van der Waals surface area contributed by atoms with E-state index in [0.29, 0.717) is 6.42 Å². The summed E-state index contributed by atoms with van der Waals surface area (Å²) in [5.74, 6) is -0.274. The van der Waals surface area contributed by atoms with Gasteiger partial charge in [-0.3, -0.25) is 4.79 Å². The number of aliphatic hydroxyl groups is 11. The summed E-state index contributed by atoms with van der Waals surface area (Å²) >= 11 is 0. The van der Waals surface area contributed by atoms with Crippen LogP contribution < -0.4 is 5.32 Å². The molecule has 3 saturated heterocycles. The predicted molar refractivity (Wildman–Crippen MR) is 282 cm³/mol. The Kier molecular flexibility index (Phi) is 36.8. The van der Waals surface area contributed by atoms with Crippen molar-refractivity contribution in [2.75, 3.05) is 26.4 Å². The fourth-order valence-corrected chi connectivity index (χ4v) is 10.2. The van der Waals surface area contributed by atoms with E-state index in [0.717, 1.165) is 44.9 Å². The van der Waals surface area contributed by atoms with Crippen LogP contribution in [0.15, 0.2) is 12.2 Å². The van der Waals surface area contributed by atoms with Crippen LogP contribution in [0, 0.1) is 0 Å². The van der Waals surface area contributed by atoms with Gasteiger partial charge >= 0.3 is 0 Å². The van der Waals surface area contributed by atoms with E-state index >= 15 is 0 Å². The van der Waals surface area contributed by atoms with Gasteiger partial charge < -0.3 is 89.9 Å². The van der Waals surface area contributed by atoms with Crippen LogP contribution in [0.4, 0.5) is 0 Å². The summed E-state index contributed by atoms with van der Waals surface area (Å²) in [5, 5.41) is 120. The van der Waals surface area contributed by atoms with E-state index in [4.69, 9.17) is 28.4 Å². The van der Waals surface area contributed by atoms with Crippen LogP contribution in [-0.2, 0) is 33.2 Å². The average Bonchev–Trinajstić information content (AvgIpc) is 3.41. The first-order valence-corrected chi connectivity index (χ1v) is 29.4. The molecule has 0 aliphatic carbocycles. The molecule has 12 N–H and O–H groups in total. The van der Waals surface area contributed by atoms with Crippen LogP contribution in [0.3, 0.4) is 0 Å². The van der Waals surface area contributed by atoms with Crippen molar-refractivity contribution in [2.45, 2.75) is 311 Å². The normalized spacial score (nSPS) is 31.2. The summed E-state index contributed by atoms with van der Waals surface area (Å²) in [6.45, 7) is 1.70. The number of rotatable bonds is 43. The van der Waals surface area contributed by atoms with E-state index in [1.165, 1.54) is 135 Å². The molecular weight excluding hydrogens is 975 g/mol. The average molecular weight is 1080 g/mol. The highest BCUT2D eigenvalue weighted by Gasteiger charge is 2.53. The Hall–Kier alpha value is -1.47. The Bertz CT molecular complexity index is 1430. The minimum atomic E-state index is -1.97. The minimum absolute atomic E-state index is 0.249. The van der Waals surface area contributed by atoms with Crippen molar-refractivity contribution in [1.82, 2.24) is 5.32 Å². The number of hydrogen-bond donors (Lipinski definition) is 12. The predicted octanol–water partition coefficient (Wildman–Crippen LogP) is 4.60. The molecule has 442 valence electrons. The lowest BCUT2D eigenvalue weighted by atomic mass is 9.96. The van der Waals surface area contributed by atoms with Gasteiger partial charge in [0.2, 0.25) is 5.91 Å². The van der Waals surface area contributed by atoms with E-state index in [1.54, 1.807) is 6.08 Å². The van der Waals surface area contributed by atoms with E-state index in [2.05, 4.69) is 19.2 Å². The van der Waals surface area contributed by atoms with Gasteiger partial charge in [-0.05, 0) is 19.3 Å². The van der Waals surface area contributed by atoms with Crippen molar-refractivity contribution in [3.05, 3.63) is 12.2 Å². The highest BCUT2D eigenvalue weighted by Crippen LogP contribution is 2.33. The van der Waals surface area contributed by atoms with Gasteiger partial charge in [0.15, 0.2) is 18.9 Å². The summed E-state index contributed by atoms with van der Waals surface area (Å²) in [7, 11) is 0. The zero-order valence-electron chi connectivity index (χ0n) is 45.8. The number of hydrogen-bond acceptors (Lipinski definition) is 18. The lowest BCUT2D eigenvalue weighted by Gasteiger charge is -2.48. The van der Waals surface area contributed by atoms with Crippen LogP contribution in [-0.4, -0.2) is 193 Å². The molecule has 3 heterocycles. The number of amides is 1. The molecule has 3 fully saturated rings. The summed E-state index contributed by atoms with van der Waals surface area (Å²) in [5.41, 5.74) is 0. The number of allylic oxidation sites excluding steroid dienone is 1. The quantitative estimate of drug-likeness (QED) is 0.0293. The highest BCUT2D eigenvalue weighted by molar-refractivity contribution is 5.76. The molecule has 0 aromatic carbocycles. The fourth-order valence-electron chi connectivity index (χ4n) is 10.2. The first kappa shape index (κ1) is 67.8. The second-order valence-corrected chi connectivity index (χ2v) is 21.5. The molecule has 17 atom stereocenters. The number of ether oxygens (including phenoxy) is 6. The molecule has 0 radical (unpaired) electrons. The molecular formula is C56H105NO18. The SMILES string of the molecule is CCCCCCCCCC/C=C/C(O)C(COC1OC(CO)C(OC2OC(CO)C(OC3OC(CO)C(O)C(O)C3O)C(O)C2O)C(O)C1O)NC(=O)CCCCCCCCCCCCCCCCCCCCCC. The first-order valence-electron chi connectivity index (χ1n) is 29.4. The third kappa shape index (κ3) is 25.3. The number of unbranched alkanes of at least 4 members (excludes halogenated alkanes) is 27. The van der Waals surface area contributed by atoms with E-state index in [-0.39, 0.29) is 18.9 Å². The number of carbonyl (C=O) groups excluding carboxylic acids is 1. The molecule has 0 aromatic rings. The molecule has 0 saturated carbocycles. The third-order valence-electron chi connectivity index (χ3n) is 15.1. The fraction of sp³-hybridized carbons (Fsp3) is 0.946. The Morgan fingerprint density at radius 2 is 0.827 bits per heavy atom. The maximum absolute atomic E-state index is 13.3. The van der Waals surface area contributed by atoms with Crippen LogP contribution in [0.1, 0.15) is 206 Å². The van der Waals surface area contributed by atoms with Crippen molar-refractivity contribution in [2.24, 2.45) is 0 Å². The molecule has 3 aliphatic rings. The molecule has 0 aromatic heterocycles. The van der Waals surface area contributed by atoms with Crippen molar-refractivity contribution in [3.8, 4) is 0 Å². The first-order chi connectivity index (χ1) is 36.3. The van der Waals surface area contributed by atoms with Crippen LogP contribution >= 0.6 is 0 Å². The molecule has 0 bridgehead atoms. The van der Waals surface area contributed by atoms with Crippen LogP contribution in [0.25, 0.3) is 0 Å². The standard InChI is InChI=1S/C56H105NO18/c1-3-5-7-9-11-13-15-16-17-18-19-20-21-22-23-24-26-28-30-32-34-44(62)57-39(40(61)33-31-29-27-25-14-12-10-8-6-4-2)38-70-54-50(68)47(65)52(42(36-59)72-54)75-56-51(69)48(66)53(43(37-60)73-56)74-55-49(67)46(64)45(63)41(35-58)71-55/h31,33,39-43,45-56,58-61,63-69H,3-30,32,34-38H2,1-2H3,(H,57,62)/b33-31+. The lowest BCUT2D eigenvalue weighted by Crippen LogP contribution is -2.66. The molecule has 17 unspecified atom stereocenters. The maximum Gasteiger partial charge on any atom is 0.220 e.